The third-order valence-electron chi connectivity index (χ3n) is 7.21. The quantitative estimate of drug-likeness (QED) is 0.247. The maximum atomic E-state index is 13.8. The molecule has 2 unspecified atom stereocenters. The Balaban J connectivity index is 1.37. The Labute approximate surface area is 237 Å². The SMILES string of the molecule is CCOc1ccccc1CNC(=O)C(Cc1c[nH]c2ccccc12)C(=O)CN1CC(=O)NC(c2ccccc2)C1=O. The number of Topliss-reactive ketones (excluding diaryl/α,β-unsaturated/α-hetero) is 1. The van der Waals surface area contributed by atoms with Crippen molar-refractivity contribution in [2.45, 2.75) is 25.9 Å². The van der Waals surface area contributed by atoms with Crippen molar-refractivity contribution in [3.8, 4) is 5.75 Å². The lowest BCUT2D eigenvalue weighted by Gasteiger charge is -2.33. The maximum Gasteiger partial charge on any atom is 0.250 e. The lowest BCUT2D eigenvalue weighted by molar-refractivity contribution is -0.147. The summed E-state index contributed by atoms with van der Waals surface area (Å²) in [7, 11) is 0. The highest BCUT2D eigenvalue weighted by molar-refractivity contribution is 6.05. The van der Waals surface area contributed by atoms with Crippen LogP contribution in [0.25, 0.3) is 10.9 Å². The summed E-state index contributed by atoms with van der Waals surface area (Å²) >= 11 is 0. The highest BCUT2D eigenvalue weighted by Crippen LogP contribution is 2.24. The number of para-hydroxylation sites is 2. The number of hydrogen-bond acceptors (Lipinski definition) is 5. The molecular weight excluding hydrogens is 520 g/mol. The molecule has 1 saturated heterocycles. The van der Waals surface area contributed by atoms with E-state index in [0.717, 1.165) is 22.0 Å². The fraction of sp³-hybridized carbons (Fsp3) is 0.250. The van der Waals surface area contributed by atoms with E-state index < -0.39 is 23.7 Å². The number of ether oxygens (including phenoxy) is 1. The summed E-state index contributed by atoms with van der Waals surface area (Å²) in [6.45, 7) is 1.93. The van der Waals surface area contributed by atoms with Gasteiger partial charge >= 0.3 is 0 Å². The lowest BCUT2D eigenvalue weighted by atomic mass is 9.93. The van der Waals surface area contributed by atoms with Crippen LogP contribution in [0.5, 0.6) is 5.75 Å². The molecule has 5 rings (SSSR count). The van der Waals surface area contributed by atoms with Crippen molar-refractivity contribution >= 4 is 34.4 Å². The Morgan fingerprint density at radius 3 is 2.51 bits per heavy atom. The van der Waals surface area contributed by atoms with Gasteiger partial charge in [0.15, 0.2) is 5.78 Å². The molecule has 0 bridgehead atoms. The monoisotopic (exact) mass is 552 g/mol. The van der Waals surface area contributed by atoms with Crippen molar-refractivity contribution in [3.05, 3.63) is 102 Å². The van der Waals surface area contributed by atoms with Gasteiger partial charge in [0.1, 0.15) is 24.3 Å². The van der Waals surface area contributed by atoms with Crippen molar-refractivity contribution in [2.75, 3.05) is 19.7 Å². The second-order valence-electron chi connectivity index (χ2n) is 9.95. The van der Waals surface area contributed by atoms with E-state index in [9.17, 15) is 19.2 Å². The standard InChI is InChI=1S/C32H32N4O5/c1-2-41-28-15-9-6-12-22(28)17-34-31(39)25(16-23-18-33-26-14-8-7-13-24(23)26)27(37)19-36-20-29(38)35-30(32(36)40)21-10-4-3-5-11-21/h3-15,18,25,30,33H,2,16-17,19-20H2,1H3,(H,34,39)(H,35,38). The van der Waals surface area contributed by atoms with E-state index in [4.69, 9.17) is 4.74 Å². The average Bonchev–Trinajstić information content (AvgIpc) is 3.40. The minimum atomic E-state index is -1.08. The summed E-state index contributed by atoms with van der Waals surface area (Å²) in [6.07, 6.45) is 1.94. The van der Waals surface area contributed by atoms with Crippen molar-refractivity contribution in [2.24, 2.45) is 5.92 Å². The van der Waals surface area contributed by atoms with Gasteiger partial charge in [0.25, 0.3) is 5.91 Å². The minimum Gasteiger partial charge on any atom is -0.494 e. The largest absolute Gasteiger partial charge is 0.494 e. The summed E-state index contributed by atoms with van der Waals surface area (Å²) in [4.78, 5) is 57.7. The van der Waals surface area contributed by atoms with Gasteiger partial charge in [-0.15, -0.1) is 0 Å². The zero-order valence-electron chi connectivity index (χ0n) is 22.8. The number of benzene rings is 3. The molecule has 0 saturated carbocycles. The van der Waals surface area contributed by atoms with Crippen LogP contribution < -0.4 is 15.4 Å². The molecule has 1 aliphatic rings. The normalized spacial score (nSPS) is 15.8. The van der Waals surface area contributed by atoms with Gasteiger partial charge in [0.05, 0.1) is 13.2 Å². The predicted molar refractivity (Wildman–Crippen MR) is 154 cm³/mol. The van der Waals surface area contributed by atoms with Gasteiger partial charge in [0.2, 0.25) is 11.8 Å². The Kier molecular flexibility index (Phi) is 8.43. The first-order valence-electron chi connectivity index (χ1n) is 13.6. The van der Waals surface area contributed by atoms with Gasteiger partial charge in [-0.25, -0.2) is 0 Å². The summed E-state index contributed by atoms with van der Waals surface area (Å²) < 4.78 is 5.68. The van der Waals surface area contributed by atoms with E-state index in [1.54, 1.807) is 30.5 Å². The number of aromatic nitrogens is 1. The second-order valence-corrected chi connectivity index (χ2v) is 9.95. The number of carbonyl (C=O) groups excluding carboxylic acids is 4. The number of nitrogens with one attached hydrogen (secondary N) is 3. The zero-order valence-corrected chi connectivity index (χ0v) is 22.8. The van der Waals surface area contributed by atoms with Crippen molar-refractivity contribution in [3.63, 3.8) is 0 Å². The topological polar surface area (TPSA) is 121 Å². The molecule has 2 heterocycles. The first-order chi connectivity index (χ1) is 19.9. The molecule has 41 heavy (non-hydrogen) atoms. The first kappa shape index (κ1) is 27.6. The third kappa shape index (κ3) is 6.30. The fourth-order valence-electron chi connectivity index (χ4n) is 5.13. The van der Waals surface area contributed by atoms with Crippen molar-refractivity contribution < 1.29 is 23.9 Å². The van der Waals surface area contributed by atoms with Gasteiger partial charge < -0.3 is 25.3 Å². The van der Waals surface area contributed by atoms with Crippen LogP contribution >= 0.6 is 0 Å². The summed E-state index contributed by atoms with van der Waals surface area (Å²) in [6, 6.07) is 23.1. The molecule has 2 atom stereocenters. The van der Waals surface area contributed by atoms with Crippen LogP contribution in [0.3, 0.4) is 0 Å². The van der Waals surface area contributed by atoms with Crippen LogP contribution in [0.2, 0.25) is 0 Å². The van der Waals surface area contributed by atoms with E-state index in [-0.39, 0.29) is 37.9 Å². The van der Waals surface area contributed by atoms with E-state index in [2.05, 4.69) is 15.6 Å². The molecule has 1 aromatic heterocycles. The molecule has 1 aliphatic heterocycles. The molecule has 9 heteroatoms. The van der Waals surface area contributed by atoms with E-state index in [1.807, 2.05) is 61.5 Å². The molecule has 3 aromatic carbocycles. The summed E-state index contributed by atoms with van der Waals surface area (Å²) in [5.74, 6) is -2.08. The van der Waals surface area contributed by atoms with Crippen molar-refractivity contribution in [1.82, 2.24) is 20.5 Å². The first-order valence-corrected chi connectivity index (χ1v) is 13.6. The summed E-state index contributed by atoms with van der Waals surface area (Å²) in [5.41, 5.74) is 3.13. The number of nitrogens with zero attached hydrogens (tertiary/aromatic N) is 1. The van der Waals surface area contributed by atoms with Crippen LogP contribution in [0.15, 0.2) is 85.1 Å². The van der Waals surface area contributed by atoms with Gasteiger partial charge in [-0.1, -0.05) is 66.7 Å². The van der Waals surface area contributed by atoms with Crippen molar-refractivity contribution in [1.29, 1.82) is 0 Å². The van der Waals surface area contributed by atoms with Crippen LogP contribution in [0, 0.1) is 5.92 Å². The number of carbonyl (C=O) groups is 4. The Morgan fingerprint density at radius 1 is 0.976 bits per heavy atom. The molecule has 210 valence electrons. The lowest BCUT2D eigenvalue weighted by Crippen LogP contribution is -2.55. The number of piperazine rings is 1. The van der Waals surface area contributed by atoms with E-state index in [0.29, 0.717) is 17.9 Å². The van der Waals surface area contributed by atoms with Crippen LogP contribution in [0.4, 0.5) is 0 Å². The molecule has 4 aromatic rings. The van der Waals surface area contributed by atoms with Crippen LogP contribution in [-0.4, -0.2) is 53.1 Å². The van der Waals surface area contributed by atoms with E-state index in [1.165, 1.54) is 4.90 Å². The zero-order chi connectivity index (χ0) is 28.8. The average molecular weight is 553 g/mol. The second kappa shape index (κ2) is 12.5. The Hall–Kier alpha value is -4.92. The van der Waals surface area contributed by atoms with Gasteiger partial charge in [0, 0.05) is 29.2 Å². The van der Waals surface area contributed by atoms with Gasteiger partial charge in [-0.2, -0.15) is 0 Å². The number of fused-ring (bicyclic) bond motifs is 1. The molecule has 0 radical (unpaired) electrons. The van der Waals surface area contributed by atoms with Crippen LogP contribution in [0.1, 0.15) is 29.7 Å². The molecule has 1 fully saturated rings. The Bertz CT molecular complexity index is 1560. The molecule has 0 spiro atoms. The van der Waals surface area contributed by atoms with E-state index >= 15 is 0 Å². The Morgan fingerprint density at radius 2 is 1.71 bits per heavy atom. The highest BCUT2D eigenvalue weighted by atomic mass is 16.5. The molecule has 0 aliphatic carbocycles. The molecule has 9 nitrogen and oxygen atoms in total. The molecule has 3 N–H and O–H groups in total. The predicted octanol–water partition coefficient (Wildman–Crippen LogP) is 3.31. The van der Waals surface area contributed by atoms with Gasteiger partial charge in [-0.05, 0) is 36.6 Å². The number of H-pyrrole nitrogens is 1. The molecule has 3 amide bonds. The van der Waals surface area contributed by atoms with Gasteiger partial charge in [-0.3, -0.25) is 19.2 Å². The smallest absolute Gasteiger partial charge is 0.250 e. The minimum absolute atomic E-state index is 0.137. The molecular formula is C32H32N4O5. The number of hydrogen-bond donors (Lipinski definition) is 3. The summed E-state index contributed by atoms with van der Waals surface area (Å²) in [5, 5.41) is 6.52. The fourth-order valence-corrected chi connectivity index (χ4v) is 5.13. The third-order valence-corrected chi connectivity index (χ3v) is 7.21. The number of amides is 3. The van der Waals surface area contributed by atoms with Crippen LogP contribution in [-0.2, 0) is 32.1 Å². The highest BCUT2D eigenvalue weighted by Gasteiger charge is 2.37. The maximum absolute atomic E-state index is 13.8. The number of rotatable bonds is 11. The number of ketones is 1. The number of aromatic amines is 1.